The Labute approximate surface area is 62.4 Å². The van der Waals surface area contributed by atoms with E-state index in [0.717, 1.165) is 0 Å². The molecule has 9 heavy (non-hydrogen) atoms. The molecule has 54 valence electrons. The molecule has 0 aromatic rings. The molecular weight excluding hydrogens is 219 g/mol. The zero-order valence-corrected chi connectivity index (χ0v) is 9.66. The topological polar surface area (TPSA) is 6.48 Å². The summed E-state index contributed by atoms with van der Waals surface area (Å²) in [6.07, 6.45) is 0. The van der Waals surface area contributed by atoms with Gasteiger partial charge in [-0.05, 0) is 0 Å². The van der Waals surface area contributed by atoms with Gasteiger partial charge in [0.05, 0.1) is 0 Å². The average Bonchev–Trinajstić information content (AvgIpc) is 1.96. The van der Waals surface area contributed by atoms with Crippen LogP contribution >= 0.6 is 0 Å². The first-order valence-electron chi connectivity index (χ1n) is 3.47. The first-order valence-corrected chi connectivity index (χ1v) is 11.7. The van der Waals surface area contributed by atoms with Crippen LogP contribution in [-0.2, 0) is 0 Å². The zero-order valence-electron chi connectivity index (χ0n) is 6.81. The number of rotatable bonds is 0. The van der Waals surface area contributed by atoms with E-state index in [0.29, 0.717) is 0 Å². The summed E-state index contributed by atoms with van der Waals surface area (Å²) in [4.78, 5) is 4.92. The Morgan fingerprint density at radius 2 is 1.33 bits per heavy atom. The van der Waals surface area contributed by atoms with Crippen molar-refractivity contribution in [1.29, 1.82) is 0 Å². The van der Waals surface area contributed by atoms with Gasteiger partial charge in [-0.2, -0.15) is 0 Å². The Morgan fingerprint density at radius 3 is 1.44 bits per heavy atom. The Morgan fingerprint density at radius 1 is 1.00 bits per heavy atom. The molecule has 0 aromatic heterocycles. The summed E-state index contributed by atoms with van der Waals surface area (Å²) < 4.78 is 5.16. The molecule has 1 fully saturated rings. The monoisotopic (exact) mass is 236 g/mol. The standard InChI is InChI=1S/C4H10N2.2CH3.Sn/c1-5-3-4-6-2;;;/h3-4H2,1-2H3;2*1H3;/q-2;;;+2. The van der Waals surface area contributed by atoms with Crippen molar-refractivity contribution in [2.24, 2.45) is 0 Å². The molecular formula is C6H16N2Sn. The molecule has 1 aliphatic heterocycles. The molecule has 0 aliphatic carbocycles. The van der Waals surface area contributed by atoms with Crippen LogP contribution in [0.4, 0.5) is 0 Å². The van der Waals surface area contributed by atoms with Crippen molar-refractivity contribution in [1.82, 2.24) is 6.24 Å². The van der Waals surface area contributed by atoms with E-state index in [9.17, 15) is 0 Å². The molecule has 0 bridgehead atoms. The fraction of sp³-hybridized carbons (Fsp3) is 1.00. The molecule has 0 N–H and O–H groups in total. The van der Waals surface area contributed by atoms with Crippen LogP contribution < -0.4 is 0 Å². The predicted octanol–water partition coefficient (Wildman–Crippen LogP) is 0.565. The first kappa shape index (κ1) is 7.82. The first-order chi connectivity index (χ1) is 4.05. The molecule has 0 amide bonds. The van der Waals surface area contributed by atoms with Gasteiger partial charge in [0.25, 0.3) is 0 Å². The van der Waals surface area contributed by atoms with Crippen molar-refractivity contribution in [2.45, 2.75) is 9.88 Å². The number of hydrogen-bond donors (Lipinski definition) is 0. The van der Waals surface area contributed by atoms with Gasteiger partial charge in [0.2, 0.25) is 0 Å². The van der Waals surface area contributed by atoms with Gasteiger partial charge in [0.15, 0.2) is 0 Å². The van der Waals surface area contributed by atoms with E-state index in [-0.39, 0.29) is 0 Å². The van der Waals surface area contributed by atoms with Crippen molar-refractivity contribution >= 4 is 18.9 Å². The van der Waals surface area contributed by atoms with Gasteiger partial charge in [-0.15, -0.1) is 0 Å². The Balaban J connectivity index is 2.66. The zero-order chi connectivity index (χ0) is 7.07. The molecule has 3 heteroatoms. The molecule has 0 radical (unpaired) electrons. The van der Waals surface area contributed by atoms with Crippen LogP contribution in [0.2, 0.25) is 9.88 Å². The van der Waals surface area contributed by atoms with Crippen molar-refractivity contribution in [3.63, 3.8) is 0 Å². The predicted molar refractivity (Wildman–Crippen MR) is 42.7 cm³/mol. The summed E-state index contributed by atoms with van der Waals surface area (Å²) in [5.41, 5.74) is 0. The summed E-state index contributed by atoms with van der Waals surface area (Å²) in [5.74, 6) is 0. The van der Waals surface area contributed by atoms with Gasteiger partial charge in [0.1, 0.15) is 0 Å². The third-order valence-corrected chi connectivity index (χ3v) is 14.6. The van der Waals surface area contributed by atoms with Crippen molar-refractivity contribution < 1.29 is 0 Å². The third-order valence-electron chi connectivity index (χ3n) is 2.64. The van der Waals surface area contributed by atoms with Gasteiger partial charge >= 0.3 is 62.2 Å². The van der Waals surface area contributed by atoms with E-state index in [1.807, 2.05) is 0 Å². The van der Waals surface area contributed by atoms with Crippen LogP contribution in [-0.4, -0.2) is 52.4 Å². The average molecular weight is 235 g/mol. The summed E-state index contributed by atoms with van der Waals surface area (Å²) in [6, 6.07) is 0. The molecule has 1 heterocycles. The van der Waals surface area contributed by atoms with Crippen LogP contribution in [0.5, 0.6) is 0 Å². The Kier molecular flexibility index (Phi) is 2.08. The molecule has 0 atom stereocenters. The summed E-state index contributed by atoms with van der Waals surface area (Å²) >= 11 is -1.78. The summed E-state index contributed by atoms with van der Waals surface area (Å²) in [7, 11) is 4.53. The molecule has 0 aromatic carbocycles. The maximum absolute atomic E-state index is 2.58. The molecule has 0 unspecified atom stereocenters. The van der Waals surface area contributed by atoms with Gasteiger partial charge in [-0.1, -0.05) is 0 Å². The number of hydrogen-bond acceptors (Lipinski definition) is 2. The van der Waals surface area contributed by atoms with Gasteiger partial charge < -0.3 is 0 Å². The van der Waals surface area contributed by atoms with Crippen LogP contribution in [0, 0.1) is 0 Å². The molecule has 2 nitrogen and oxygen atoms in total. The van der Waals surface area contributed by atoms with Crippen molar-refractivity contribution in [2.75, 3.05) is 27.2 Å². The molecule has 1 aliphatic rings. The van der Waals surface area contributed by atoms with E-state index in [2.05, 4.69) is 30.2 Å². The van der Waals surface area contributed by atoms with E-state index < -0.39 is 18.9 Å². The quantitative estimate of drug-likeness (QED) is 0.566. The second-order valence-electron chi connectivity index (χ2n) is 3.34. The normalized spacial score (nSPS) is 29.3. The number of likely N-dealkylation sites (N-methyl/N-ethyl adjacent to an activating group) is 2. The van der Waals surface area contributed by atoms with Crippen LogP contribution in [0.25, 0.3) is 0 Å². The van der Waals surface area contributed by atoms with Crippen LogP contribution in [0.1, 0.15) is 0 Å². The molecule has 0 saturated carbocycles. The minimum absolute atomic E-state index is 1.29. The van der Waals surface area contributed by atoms with Crippen LogP contribution in [0.15, 0.2) is 0 Å². The molecule has 1 rings (SSSR count). The van der Waals surface area contributed by atoms with Crippen molar-refractivity contribution in [3.8, 4) is 0 Å². The third kappa shape index (κ3) is 1.25. The maximum atomic E-state index is 2.58. The molecule has 0 spiro atoms. The van der Waals surface area contributed by atoms with Crippen molar-refractivity contribution in [3.05, 3.63) is 0 Å². The Hall–Kier alpha value is 0.719. The van der Waals surface area contributed by atoms with E-state index >= 15 is 0 Å². The Bertz CT molecular complexity index is 102. The minimum atomic E-state index is -1.78. The van der Waals surface area contributed by atoms with Gasteiger partial charge in [-0.25, -0.2) is 0 Å². The summed E-state index contributed by atoms with van der Waals surface area (Å²) in [5, 5.41) is 0. The number of nitrogens with zero attached hydrogens (tertiary/aromatic N) is 2. The SMILES string of the molecule is C[N]1CC[N](C)[Sn]1([CH3])[CH3]. The molecule has 1 saturated heterocycles. The fourth-order valence-corrected chi connectivity index (χ4v) is 6.50. The van der Waals surface area contributed by atoms with E-state index in [4.69, 9.17) is 0 Å². The van der Waals surface area contributed by atoms with Crippen LogP contribution in [0.3, 0.4) is 0 Å². The van der Waals surface area contributed by atoms with E-state index in [1.165, 1.54) is 13.1 Å². The second-order valence-corrected chi connectivity index (χ2v) is 16.2. The van der Waals surface area contributed by atoms with Gasteiger partial charge in [-0.3, -0.25) is 0 Å². The fourth-order valence-electron chi connectivity index (χ4n) is 1.14. The van der Waals surface area contributed by atoms with Gasteiger partial charge in [0, 0.05) is 0 Å². The summed E-state index contributed by atoms with van der Waals surface area (Å²) in [6.45, 7) is 2.58. The van der Waals surface area contributed by atoms with E-state index in [1.54, 1.807) is 0 Å². The second kappa shape index (κ2) is 2.40.